The molecule has 0 spiro atoms. The van der Waals surface area contributed by atoms with Crippen LogP contribution in [0.2, 0.25) is 0 Å². The van der Waals surface area contributed by atoms with Crippen LogP contribution in [0.5, 0.6) is 5.75 Å². The average Bonchev–Trinajstić information content (AvgIpc) is 2.67. The predicted molar refractivity (Wildman–Crippen MR) is 65.2 cm³/mol. The minimum atomic E-state index is -0.476. The molecule has 6 heteroatoms. The summed E-state index contributed by atoms with van der Waals surface area (Å²) < 4.78 is 5.65. The van der Waals surface area contributed by atoms with Crippen LogP contribution in [-0.4, -0.2) is 35.0 Å². The summed E-state index contributed by atoms with van der Waals surface area (Å²) in [7, 11) is 1.64. The summed E-state index contributed by atoms with van der Waals surface area (Å²) in [5.41, 5.74) is 2.83. The predicted octanol–water partition coefficient (Wildman–Crippen LogP) is 0.511. The first-order chi connectivity index (χ1) is 8.74. The summed E-state index contributed by atoms with van der Waals surface area (Å²) in [6.45, 7) is 0. The van der Waals surface area contributed by atoms with Crippen molar-refractivity contribution >= 4 is 11.7 Å². The molecule has 1 saturated heterocycles. The van der Waals surface area contributed by atoms with Crippen LogP contribution in [-0.2, 0) is 4.79 Å². The number of hydrogen-bond acceptors (Lipinski definition) is 5. The number of carbonyl (C=O) groups is 1. The lowest BCUT2D eigenvalue weighted by molar-refractivity contribution is -0.123. The number of hydrogen-bond donors (Lipinski definition) is 1. The summed E-state index contributed by atoms with van der Waals surface area (Å²) in [5, 5.41) is 2.93. The maximum absolute atomic E-state index is 11.7. The highest BCUT2D eigenvalue weighted by Crippen LogP contribution is 2.16. The third-order valence-electron chi connectivity index (χ3n) is 2.63. The Bertz CT molecular complexity index is 526. The van der Waals surface area contributed by atoms with Crippen molar-refractivity contribution in [1.29, 1.82) is 0 Å². The molecule has 1 fully saturated rings. The monoisotopic (exact) mass is 244 g/mol. The first-order valence-corrected chi connectivity index (χ1v) is 5.55. The molecule has 0 bridgehead atoms. The van der Waals surface area contributed by atoms with E-state index in [0.29, 0.717) is 5.84 Å². The second-order valence-corrected chi connectivity index (χ2v) is 3.95. The lowest BCUT2D eigenvalue weighted by Crippen LogP contribution is -2.37. The Kier molecular flexibility index (Phi) is 2.49. The topological polar surface area (TPSA) is 57.2 Å². The number of ether oxygens (including phenoxy) is 1. The maximum atomic E-state index is 11.7. The van der Waals surface area contributed by atoms with E-state index in [1.807, 2.05) is 30.3 Å². The zero-order chi connectivity index (χ0) is 12.5. The standard InChI is InChI=1S/C12H12N4O2/c1-15-12(17)11-13-10(7-8-16(11)14-15)18-9-5-3-2-4-6-9/h2-8,10,14H,1H3. The summed E-state index contributed by atoms with van der Waals surface area (Å²) in [4.78, 5) is 16.0. The lowest BCUT2D eigenvalue weighted by Gasteiger charge is -2.20. The van der Waals surface area contributed by atoms with E-state index in [4.69, 9.17) is 4.74 Å². The van der Waals surface area contributed by atoms with Gasteiger partial charge in [0.1, 0.15) is 5.75 Å². The largest absolute Gasteiger partial charge is 0.465 e. The average molecular weight is 244 g/mol. The van der Waals surface area contributed by atoms with Gasteiger partial charge in [0.25, 0.3) is 0 Å². The van der Waals surface area contributed by atoms with Crippen LogP contribution in [0.25, 0.3) is 0 Å². The van der Waals surface area contributed by atoms with Gasteiger partial charge in [-0.15, -0.1) is 5.53 Å². The molecule has 1 atom stereocenters. The number of carbonyl (C=O) groups excluding carboxylic acids is 1. The second kappa shape index (κ2) is 4.15. The van der Waals surface area contributed by atoms with Gasteiger partial charge in [-0.2, -0.15) is 0 Å². The number of amidine groups is 1. The smallest absolute Gasteiger partial charge is 0.306 e. The first-order valence-electron chi connectivity index (χ1n) is 5.55. The minimum absolute atomic E-state index is 0.180. The number of hydrazine groups is 2. The van der Waals surface area contributed by atoms with E-state index in [-0.39, 0.29) is 5.91 Å². The highest BCUT2D eigenvalue weighted by Gasteiger charge is 2.33. The summed E-state index contributed by atoms with van der Waals surface area (Å²) >= 11 is 0. The Morgan fingerprint density at radius 2 is 2.11 bits per heavy atom. The highest BCUT2D eigenvalue weighted by molar-refractivity contribution is 6.39. The number of nitrogens with one attached hydrogen (secondary N) is 1. The van der Waals surface area contributed by atoms with Crippen LogP contribution < -0.4 is 10.3 Å². The van der Waals surface area contributed by atoms with Gasteiger partial charge in [0.2, 0.25) is 12.1 Å². The molecule has 2 aliphatic heterocycles. The minimum Gasteiger partial charge on any atom is -0.465 e. The van der Waals surface area contributed by atoms with Gasteiger partial charge in [-0.3, -0.25) is 9.80 Å². The van der Waals surface area contributed by atoms with Crippen molar-refractivity contribution in [3.63, 3.8) is 0 Å². The molecule has 2 aliphatic rings. The van der Waals surface area contributed by atoms with Crippen LogP contribution in [0.1, 0.15) is 0 Å². The van der Waals surface area contributed by atoms with Gasteiger partial charge in [0, 0.05) is 13.2 Å². The molecule has 92 valence electrons. The Morgan fingerprint density at radius 3 is 2.89 bits per heavy atom. The first kappa shape index (κ1) is 10.8. The van der Waals surface area contributed by atoms with E-state index in [2.05, 4.69) is 10.5 Å². The number of para-hydroxylation sites is 1. The van der Waals surface area contributed by atoms with Gasteiger partial charge >= 0.3 is 5.91 Å². The van der Waals surface area contributed by atoms with Crippen molar-refractivity contribution in [2.75, 3.05) is 7.05 Å². The van der Waals surface area contributed by atoms with E-state index < -0.39 is 6.23 Å². The van der Waals surface area contributed by atoms with Gasteiger partial charge < -0.3 is 4.74 Å². The third-order valence-corrected chi connectivity index (χ3v) is 2.63. The molecule has 0 aliphatic carbocycles. The molecular weight excluding hydrogens is 232 g/mol. The van der Waals surface area contributed by atoms with Gasteiger partial charge in [-0.1, -0.05) is 18.2 Å². The fourth-order valence-corrected chi connectivity index (χ4v) is 1.76. The fraction of sp³-hybridized carbons (Fsp3) is 0.167. The molecule has 1 N–H and O–H groups in total. The number of rotatable bonds is 2. The molecule has 0 radical (unpaired) electrons. The number of benzene rings is 1. The van der Waals surface area contributed by atoms with Crippen LogP contribution in [0, 0.1) is 0 Å². The quantitative estimate of drug-likeness (QED) is 0.823. The number of likely N-dealkylation sites (N-methyl/N-ethyl adjacent to an activating group) is 1. The number of aliphatic imine (C=N–C) groups is 1. The lowest BCUT2D eigenvalue weighted by atomic mass is 10.3. The summed E-state index contributed by atoms with van der Waals surface area (Å²) in [6, 6.07) is 9.38. The number of fused-ring (bicyclic) bond motifs is 1. The van der Waals surface area contributed by atoms with E-state index >= 15 is 0 Å². The molecule has 1 aromatic carbocycles. The van der Waals surface area contributed by atoms with E-state index in [9.17, 15) is 4.79 Å². The van der Waals surface area contributed by atoms with Crippen molar-refractivity contribution in [2.45, 2.75) is 6.23 Å². The van der Waals surface area contributed by atoms with Gasteiger partial charge in [-0.05, 0) is 18.2 Å². The highest BCUT2D eigenvalue weighted by atomic mass is 16.5. The van der Waals surface area contributed by atoms with Crippen molar-refractivity contribution in [3.05, 3.63) is 42.6 Å². The third kappa shape index (κ3) is 1.82. The molecule has 1 unspecified atom stereocenters. The van der Waals surface area contributed by atoms with Gasteiger partial charge in [0.15, 0.2) is 0 Å². The summed E-state index contributed by atoms with van der Waals surface area (Å²) in [6.07, 6.45) is 3.03. The number of amides is 1. The maximum Gasteiger partial charge on any atom is 0.306 e. The zero-order valence-corrected chi connectivity index (χ0v) is 9.78. The van der Waals surface area contributed by atoms with E-state index in [1.54, 1.807) is 24.3 Å². The van der Waals surface area contributed by atoms with Gasteiger partial charge in [0.05, 0.1) is 0 Å². The molecule has 0 aromatic heterocycles. The molecule has 3 rings (SSSR count). The van der Waals surface area contributed by atoms with Crippen molar-refractivity contribution in [3.8, 4) is 5.75 Å². The Balaban J connectivity index is 1.79. The number of nitrogens with zero attached hydrogens (tertiary/aromatic N) is 3. The van der Waals surface area contributed by atoms with Gasteiger partial charge in [-0.25, -0.2) is 10.0 Å². The van der Waals surface area contributed by atoms with Crippen molar-refractivity contribution < 1.29 is 9.53 Å². The van der Waals surface area contributed by atoms with E-state index in [0.717, 1.165) is 5.75 Å². The van der Waals surface area contributed by atoms with Crippen molar-refractivity contribution in [1.82, 2.24) is 15.6 Å². The molecule has 1 aromatic rings. The molecule has 18 heavy (non-hydrogen) atoms. The zero-order valence-electron chi connectivity index (χ0n) is 9.78. The molecule has 2 heterocycles. The molecule has 6 nitrogen and oxygen atoms in total. The Hall–Kier alpha value is -2.34. The van der Waals surface area contributed by atoms with E-state index in [1.165, 1.54) is 5.01 Å². The van der Waals surface area contributed by atoms with Crippen LogP contribution in [0.15, 0.2) is 47.6 Å². The molecule has 0 saturated carbocycles. The van der Waals surface area contributed by atoms with Crippen LogP contribution >= 0.6 is 0 Å². The summed E-state index contributed by atoms with van der Waals surface area (Å²) in [5.74, 6) is 0.874. The molecular formula is C12H12N4O2. The van der Waals surface area contributed by atoms with Crippen LogP contribution in [0.3, 0.4) is 0 Å². The SMILES string of the molecule is CN1NN2C=CC(Oc3ccccc3)N=C2C1=O. The second-order valence-electron chi connectivity index (χ2n) is 3.95. The fourth-order valence-electron chi connectivity index (χ4n) is 1.76. The van der Waals surface area contributed by atoms with Crippen molar-refractivity contribution in [2.24, 2.45) is 4.99 Å². The molecule has 1 amide bonds. The Labute approximate surface area is 104 Å². The van der Waals surface area contributed by atoms with Crippen LogP contribution in [0.4, 0.5) is 0 Å². The normalized spacial score (nSPS) is 21.9. The Morgan fingerprint density at radius 1 is 1.33 bits per heavy atom.